The predicted molar refractivity (Wildman–Crippen MR) is 95.0 cm³/mol. The highest BCUT2D eigenvalue weighted by Crippen LogP contribution is 2.13. The molecule has 0 aliphatic heterocycles. The summed E-state index contributed by atoms with van der Waals surface area (Å²) in [5, 5.41) is 10.2. The minimum atomic E-state index is -5.17. The van der Waals surface area contributed by atoms with E-state index in [-0.39, 0.29) is 6.42 Å². The molecule has 0 atom stereocenters. The third-order valence-electron chi connectivity index (χ3n) is 3.98. The van der Waals surface area contributed by atoms with Gasteiger partial charge in [-0.15, -0.1) is 0 Å². The Balaban J connectivity index is 0. The van der Waals surface area contributed by atoms with E-state index < -0.39 is 16.4 Å². The summed E-state index contributed by atoms with van der Waals surface area (Å²) in [5.74, 6) is -0.903. The predicted octanol–water partition coefficient (Wildman–Crippen LogP) is 3.66. The van der Waals surface area contributed by atoms with E-state index in [1.165, 1.54) is 83.5 Å². The van der Waals surface area contributed by atoms with Crippen LogP contribution in [0.25, 0.3) is 0 Å². The quantitative estimate of drug-likeness (QED) is 0.229. The van der Waals surface area contributed by atoms with E-state index in [1.807, 2.05) is 0 Å². The summed E-state index contributed by atoms with van der Waals surface area (Å²) in [5.41, 5.74) is 0. The van der Waals surface area contributed by atoms with Gasteiger partial charge in [-0.05, 0) is 12.8 Å². The third-order valence-corrected chi connectivity index (χ3v) is 3.98. The first-order valence-electron chi connectivity index (χ1n) is 9.64. The smallest absolute Gasteiger partial charge is 0.0414 e. The van der Waals surface area contributed by atoms with E-state index in [1.54, 1.807) is 0 Å². The Hall–Kier alpha value is -0.660. The van der Waals surface area contributed by atoms with Crippen LogP contribution in [0.2, 0.25) is 0 Å². The molecule has 0 fully saturated rings. The van der Waals surface area contributed by atoms with E-state index in [0.717, 1.165) is 12.8 Å². The number of hydrogen-bond acceptors (Lipinski definition) is 6. The van der Waals surface area contributed by atoms with E-state index in [4.69, 9.17) is 17.5 Å². The van der Waals surface area contributed by atoms with Crippen LogP contribution in [0.15, 0.2) is 0 Å². The second kappa shape index (κ2) is 19.7. The van der Waals surface area contributed by atoms with Gasteiger partial charge >= 0.3 is 0 Å². The second-order valence-electron chi connectivity index (χ2n) is 6.48. The SMILES string of the molecule is CCCCCCCCCCCCCCCCCC(=O)[O-].O=S(=O)([O-])[O-]. The Bertz CT molecular complexity index is 373. The molecule has 25 heavy (non-hydrogen) atoms. The molecule has 7 heteroatoms. The normalized spacial score (nSPS) is 11.0. The van der Waals surface area contributed by atoms with Crippen molar-refractivity contribution in [2.45, 2.75) is 110 Å². The molecule has 0 aliphatic rings. The molecular weight excluding hydrogens is 344 g/mol. The Morgan fingerprint density at radius 1 is 0.640 bits per heavy atom. The average Bonchev–Trinajstić information content (AvgIpc) is 2.49. The lowest BCUT2D eigenvalue weighted by Crippen LogP contribution is -2.21. The van der Waals surface area contributed by atoms with Crippen LogP contribution in [0.3, 0.4) is 0 Å². The molecule has 0 rings (SSSR count). The van der Waals surface area contributed by atoms with E-state index in [2.05, 4.69) is 6.92 Å². The molecule has 152 valence electrons. The Kier molecular flexibility index (Phi) is 20.9. The molecule has 6 nitrogen and oxygen atoms in total. The summed E-state index contributed by atoms with van der Waals surface area (Å²) in [6.45, 7) is 2.27. The number of unbranched alkanes of at least 4 members (excludes halogenated alkanes) is 14. The molecule has 0 aromatic heterocycles. The van der Waals surface area contributed by atoms with Crippen LogP contribution in [-0.4, -0.2) is 23.5 Å². The van der Waals surface area contributed by atoms with Gasteiger partial charge in [-0.25, -0.2) is 0 Å². The number of carboxylic acids is 1. The van der Waals surface area contributed by atoms with Crippen molar-refractivity contribution >= 4 is 16.4 Å². The highest BCUT2D eigenvalue weighted by atomic mass is 32.3. The number of carboxylic acid groups (broad SMARTS) is 1. The zero-order chi connectivity index (χ0) is 19.4. The molecular formula is C18H35O6S-3. The number of carbonyl (C=O) groups excluding carboxylic acids is 1. The average molecular weight is 380 g/mol. The maximum absolute atomic E-state index is 10.2. The number of hydrogen-bond donors (Lipinski definition) is 0. The molecule has 0 saturated heterocycles. The van der Waals surface area contributed by atoms with E-state index in [9.17, 15) is 9.90 Å². The lowest BCUT2D eigenvalue weighted by molar-refractivity contribution is -0.305. The molecule has 0 heterocycles. The summed E-state index contributed by atoms with van der Waals surface area (Å²) in [7, 11) is -5.17. The van der Waals surface area contributed by atoms with Gasteiger partial charge in [-0.3, -0.25) is 8.42 Å². The maximum Gasteiger partial charge on any atom is 0.0414 e. The minimum absolute atomic E-state index is 0.234. The van der Waals surface area contributed by atoms with Gasteiger partial charge in [0.05, 0.1) is 0 Å². The van der Waals surface area contributed by atoms with Crippen molar-refractivity contribution in [3.63, 3.8) is 0 Å². The van der Waals surface area contributed by atoms with Crippen molar-refractivity contribution in [3.8, 4) is 0 Å². The van der Waals surface area contributed by atoms with Gasteiger partial charge < -0.3 is 19.0 Å². The molecule has 0 N–H and O–H groups in total. The van der Waals surface area contributed by atoms with Crippen molar-refractivity contribution in [1.82, 2.24) is 0 Å². The van der Waals surface area contributed by atoms with Crippen LogP contribution in [0, 0.1) is 0 Å². The summed E-state index contributed by atoms with van der Waals surface area (Å²) in [6, 6.07) is 0. The summed E-state index contributed by atoms with van der Waals surface area (Å²) in [4.78, 5) is 10.2. The number of aliphatic carboxylic acids is 1. The van der Waals surface area contributed by atoms with E-state index in [0.29, 0.717) is 0 Å². The monoisotopic (exact) mass is 379 g/mol. The first kappa shape index (κ1) is 26.6. The summed E-state index contributed by atoms with van der Waals surface area (Å²) >= 11 is 0. The van der Waals surface area contributed by atoms with Crippen molar-refractivity contribution in [2.24, 2.45) is 0 Å². The Labute approximate surface area is 154 Å². The first-order valence-corrected chi connectivity index (χ1v) is 11.0. The van der Waals surface area contributed by atoms with Gasteiger partial charge in [0.2, 0.25) is 0 Å². The molecule has 0 radical (unpaired) electrons. The number of carbonyl (C=O) groups is 1. The van der Waals surface area contributed by atoms with Crippen LogP contribution in [-0.2, 0) is 15.2 Å². The third kappa shape index (κ3) is 39.8. The van der Waals surface area contributed by atoms with Crippen molar-refractivity contribution in [3.05, 3.63) is 0 Å². The van der Waals surface area contributed by atoms with Crippen LogP contribution >= 0.6 is 0 Å². The van der Waals surface area contributed by atoms with Crippen LogP contribution < -0.4 is 5.11 Å². The molecule has 0 unspecified atom stereocenters. The van der Waals surface area contributed by atoms with Crippen LogP contribution in [0.5, 0.6) is 0 Å². The fourth-order valence-corrected chi connectivity index (χ4v) is 2.64. The topological polar surface area (TPSA) is 120 Å². The van der Waals surface area contributed by atoms with Crippen molar-refractivity contribution in [2.75, 3.05) is 0 Å². The summed E-state index contributed by atoms with van der Waals surface area (Å²) < 4.78 is 34.1. The Morgan fingerprint density at radius 2 is 0.880 bits per heavy atom. The summed E-state index contributed by atoms with van der Waals surface area (Å²) in [6.07, 6.45) is 19.9. The van der Waals surface area contributed by atoms with Crippen molar-refractivity contribution in [1.29, 1.82) is 0 Å². The second-order valence-corrected chi connectivity index (χ2v) is 7.30. The van der Waals surface area contributed by atoms with Gasteiger partial charge in [0.25, 0.3) is 0 Å². The molecule has 0 aromatic carbocycles. The molecule has 0 amide bonds. The fraction of sp³-hybridized carbons (Fsp3) is 0.944. The molecule has 0 bridgehead atoms. The zero-order valence-electron chi connectivity index (χ0n) is 15.7. The van der Waals surface area contributed by atoms with Crippen LogP contribution in [0.1, 0.15) is 110 Å². The van der Waals surface area contributed by atoms with Gasteiger partial charge in [0.15, 0.2) is 0 Å². The van der Waals surface area contributed by atoms with Gasteiger partial charge in [0, 0.05) is 16.4 Å². The molecule has 0 aromatic rings. The van der Waals surface area contributed by atoms with Gasteiger partial charge in [-0.2, -0.15) is 0 Å². The fourth-order valence-electron chi connectivity index (χ4n) is 2.64. The van der Waals surface area contributed by atoms with Crippen LogP contribution in [0.4, 0.5) is 0 Å². The van der Waals surface area contributed by atoms with E-state index >= 15 is 0 Å². The lowest BCUT2D eigenvalue weighted by atomic mass is 10.0. The highest BCUT2D eigenvalue weighted by molar-refractivity contribution is 7.79. The van der Waals surface area contributed by atoms with Gasteiger partial charge in [0.1, 0.15) is 0 Å². The zero-order valence-corrected chi connectivity index (χ0v) is 16.5. The standard InChI is InChI=1S/C18H36O2.H2O4S/c1-2-3-4-5-6-7-8-9-10-11-12-13-14-15-16-17-18(19)20;1-5(2,3)4/h2-17H2,1H3,(H,19,20);(H2,1,2,3,4)/p-3. The van der Waals surface area contributed by atoms with Crippen molar-refractivity contribution < 1.29 is 27.4 Å². The van der Waals surface area contributed by atoms with Gasteiger partial charge in [-0.1, -0.05) is 96.8 Å². The Morgan fingerprint density at radius 3 is 1.12 bits per heavy atom. The first-order chi connectivity index (χ1) is 11.8. The molecule has 0 spiro atoms. The lowest BCUT2D eigenvalue weighted by Gasteiger charge is -2.06. The highest BCUT2D eigenvalue weighted by Gasteiger charge is 1.94. The molecule has 0 aliphatic carbocycles. The minimum Gasteiger partial charge on any atom is -0.759 e. The maximum atomic E-state index is 10.2. The largest absolute Gasteiger partial charge is 0.759 e. The molecule has 0 saturated carbocycles. The number of rotatable bonds is 16.